The van der Waals surface area contributed by atoms with Crippen molar-refractivity contribution in [1.29, 1.82) is 5.26 Å². The Hall–Kier alpha value is -0.770. The number of nitrogens with zero attached hydrogens (tertiary/aromatic N) is 1. The maximum atomic E-state index is 8.65. The average molecular weight is 161 g/mol. The van der Waals surface area contributed by atoms with Crippen LogP contribution >= 0.6 is 0 Å². The largest absolute Gasteiger partial charge is 0.193 e. The third-order valence-corrected chi connectivity index (χ3v) is 3.66. The van der Waals surface area contributed by atoms with Crippen LogP contribution in [0.1, 0.15) is 38.5 Å². The predicted octanol–water partition coefficient (Wildman–Crippen LogP) is 3.04. The first-order valence-electron chi connectivity index (χ1n) is 4.85. The Balaban J connectivity index is 1.91. The van der Waals surface area contributed by atoms with Crippen LogP contribution in [0.5, 0.6) is 0 Å². The Morgan fingerprint density at radius 2 is 1.92 bits per heavy atom. The normalized spacial score (nSPS) is 26.6. The zero-order valence-electron chi connectivity index (χ0n) is 7.47. The molecule has 0 aromatic rings. The Bertz CT molecular complexity index is 232. The summed E-state index contributed by atoms with van der Waals surface area (Å²) in [5.74, 6) is 0.535. The highest BCUT2D eigenvalue weighted by Gasteiger charge is 2.46. The van der Waals surface area contributed by atoms with E-state index in [4.69, 9.17) is 5.26 Å². The highest BCUT2D eigenvalue weighted by molar-refractivity contribution is 5.24. The van der Waals surface area contributed by atoms with Crippen molar-refractivity contribution in [2.24, 2.45) is 11.3 Å². The van der Waals surface area contributed by atoms with Gasteiger partial charge in [0.25, 0.3) is 0 Å². The van der Waals surface area contributed by atoms with Gasteiger partial charge < -0.3 is 0 Å². The molecule has 2 rings (SSSR count). The van der Waals surface area contributed by atoms with E-state index in [0.717, 1.165) is 5.57 Å². The maximum Gasteiger partial charge on any atom is 0.0943 e. The summed E-state index contributed by atoms with van der Waals surface area (Å²) in [5.41, 5.74) is 1.47. The molecule has 0 amide bonds. The molecule has 0 radical (unpaired) electrons. The molecule has 0 saturated heterocycles. The van der Waals surface area contributed by atoms with Crippen LogP contribution in [-0.2, 0) is 0 Å². The van der Waals surface area contributed by atoms with Gasteiger partial charge in [-0.15, -0.1) is 0 Å². The molecule has 12 heavy (non-hydrogen) atoms. The first-order valence-corrected chi connectivity index (χ1v) is 4.85. The van der Waals surface area contributed by atoms with E-state index in [2.05, 4.69) is 12.6 Å². The fourth-order valence-electron chi connectivity index (χ4n) is 2.86. The monoisotopic (exact) mass is 161 g/mol. The van der Waals surface area contributed by atoms with Gasteiger partial charge in [-0.05, 0) is 37.0 Å². The molecule has 64 valence electrons. The van der Waals surface area contributed by atoms with E-state index in [1.807, 2.05) is 0 Å². The zero-order valence-corrected chi connectivity index (χ0v) is 7.47. The summed E-state index contributed by atoms with van der Waals surface area (Å²) in [6.07, 6.45) is 8.13. The second kappa shape index (κ2) is 2.62. The Morgan fingerprint density at radius 1 is 1.33 bits per heavy atom. The number of nitriles is 1. The van der Waals surface area contributed by atoms with Crippen molar-refractivity contribution in [2.45, 2.75) is 38.5 Å². The van der Waals surface area contributed by atoms with E-state index in [0.29, 0.717) is 11.3 Å². The van der Waals surface area contributed by atoms with Gasteiger partial charge in [0.05, 0.1) is 6.07 Å². The molecular weight excluding hydrogens is 146 g/mol. The van der Waals surface area contributed by atoms with E-state index in [1.54, 1.807) is 0 Å². The van der Waals surface area contributed by atoms with Gasteiger partial charge in [0.1, 0.15) is 0 Å². The quantitative estimate of drug-likeness (QED) is 0.542. The lowest BCUT2D eigenvalue weighted by molar-refractivity contribution is 0.0878. The summed E-state index contributed by atoms with van der Waals surface area (Å²) in [6, 6.07) is 2.18. The maximum absolute atomic E-state index is 8.65. The van der Waals surface area contributed by atoms with Gasteiger partial charge in [0.15, 0.2) is 0 Å². The van der Waals surface area contributed by atoms with E-state index < -0.39 is 0 Å². The number of rotatable bonds is 1. The van der Waals surface area contributed by atoms with Crippen LogP contribution in [0.4, 0.5) is 0 Å². The minimum Gasteiger partial charge on any atom is -0.193 e. The van der Waals surface area contributed by atoms with Crippen LogP contribution < -0.4 is 0 Å². The molecular formula is C11H15N. The molecule has 0 heterocycles. The molecule has 2 aliphatic rings. The van der Waals surface area contributed by atoms with E-state index in [9.17, 15) is 0 Å². The van der Waals surface area contributed by atoms with Crippen molar-refractivity contribution >= 4 is 0 Å². The van der Waals surface area contributed by atoms with Gasteiger partial charge in [-0.1, -0.05) is 19.4 Å². The average Bonchev–Trinajstić information content (AvgIpc) is 2.48. The van der Waals surface area contributed by atoms with Crippen LogP contribution in [-0.4, -0.2) is 0 Å². The summed E-state index contributed by atoms with van der Waals surface area (Å²) in [6.45, 7) is 3.79. The highest BCUT2D eigenvalue weighted by atomic mass is 14.5. The SMILES string of the molecule is C=C(C#N)C1CC2(CCCC2)C1. The second-order valence-corrected chi connectivity index (χ2v) is 4.45. The van der Waals surface area contributed by atoms with Crippen LogP contribution in [0.2, 0.25) is 0 Å². The molecule has 0 unspecified atom stereocenters. The standard InChI is InChI=1S/C11H15N/c1-9(8-12)10-6-11(7-10)4-2-3-5-11/h10H,1-7H2. The van der Waals surface area contributed by atoms with Crippen molar-refractivity contribution in [1.82, 2.24) is 0 Å². The summed E-state index contributed by atoms with van der Waals surface area (Å²) in [4.78, 5) is 0. The Kier molecular flexibility index (Phi) is 1.72. The number of hydrogen-bond donors (Lipinski definition) is 0. The molecule has 0 aliphatic heterocycles. The molecule has 2 saturated carbocycles. The third kappa shape index (κ3) is 1.06. The van der Waals surface area contributed by atoms with Gasteiger partial charge in [0.2, 0.25) is 0 Å². The van der Waals surface area contributed by atoms with Gasteiger partial charge in [-0.2, -0.15) is 5.26 Å². The molecule has 1 heteroatoms. The first-order chi connectivity index (χ1) is 5.76. The van der Waals surface area contributed by atoms with Crippen molar-refractivity contribution in [3.63, 3.8) is 0 Å². The van der Waals surface area contributed by atoms with E-state index in [-0.39, 0.29) is 0 Å². The molecule has 2 aliphatic carbocycles. The van der Waals surface area contributed by atoms with Gasteiger partial charge in [0, 0.05) is 5.57 Å². The lowest BCUT2D eigenvalue weighted by atomic mass is 9.59. The van der Waals surface area contributed by atoms with Crippen LogP contribution in [0.3, 0.4) is 0 Å². The summed E-state index contributed by atoms with van der Waals surface area (Å²) < 4.78 is 0. The lowest BCUT2D eigenvalue weighted by Gasteiger charge is -2.45. The van der Waals surface area contributed by atoms with Gasteiger partial charge in [-0.25, -0.2) is 0 Å². The zero-order chi connectivity index (χ0) is 8.60. The van der Waals surface area contributed by atoms with Gasteiger partial charge in [-0.3, -0.25) is 0 Å². The molecule has 0 aromatic heterocycles. The van der Waals surface area contributed by atoms with Gasteiger partial charge >= 0.3 is 0 Å². The van der Waals surface area contributed by atoms with Crippen LogP contribution in [0, 0.1) is 22.7 Å². The molecule has 1 nitrogen and oxygen atoms in total. The lowest BCUT2D eigenvalue weighted by Crippen LogP contribution is -2.35. The minimum absolute atomic E-state index is 0.535. The molecule has 1 spiro atoms. The topological polar surface area (TPSA) is 23.8 Å². The van der Waals surface area contributed by atoms with Crippen molar-refractivity contribution < 1.29 is 0 Å². The van der Waals surface area contributed by atoms with Crippen LogP contribution in [0.15, 0.2) is 12.2 Å². The fraction of sp³-hybridized carbons (Fsp3) is 0.727. The number of allylic oxidation sites excluding steroid dienone is 1. The van der Waals surface area contributed by atoms with E-state index in [1.165, 1.54) is 38.5 Å². The molecule has 2 fully saturated rings. The molecule has 0 N–H and O–H groups in total. The Labute approximate surface area is 74.1 Å². The van der Waals surface area contributed by atoms with Crippen molar-refractivity contribution in [3.05, 3.63) is 12.2 Å². The fourth-order valence-corrected chi connectivity index (χ4v) is 2.86. The Morgan fingerprint density at radius 3 is 2.42 bits per heavy atom. The predicted molar refractivity (Wildman–Crippen MR) is 48.4 cm³/mol. The molecule has 0 atom stereocenters. The van der Waals surface area contributed by atoms with Crippen molar-refractivity contribution in [3.8, 4) is 6.07 Å². The van der Waals surface area contributed by atoms with E-state index >= 15 is 0 Å². The summed E-state index contributed by atoms with van der Waals surface area (Å²) in [7, 11) is 0. The summed E-state index contributed by atoms with van der Waals surface area (Å²) >= 11 is 0. The third-order valence-electron chi connectivity index (χ3n) is 3.66. The van der Waals surface area contributed by atoms with Crippen molar-refractivity contribution in [2.75, 3.05) is 0 Å². The minimum atomic E-state index is 0.535. The summed E-state index contributed by atoms with van der Waals surface area (Å²) in [5, 5.41) is 8.65. The van der Waals surface area contributed by atoms with Crippen LogP contribution in [0.25, 0.3) is 0 Å². The molecule has 0 bridgehead atoms. The highest BCUT2D eigenvalue weighted by Crippen LogP contribution is 2.57. The molecule has 0 aromatic carbocycles. The number of hydrogen-bond acceptors (Lipinski definition) is 1. The second-order valence-electron chi connectivity index (χ2n) is 4.45. The smallest absolute Gasteiger partial charge is 0.0943 e. The first kappa shape index (κ1) is 7.86.